The lowest BCUT2D eigenvalue weighted by Gasteiger charge is -2.33. The van der Waals surface area contributed by atoms with Gasteiger partial charge in [-0.25, -0.2) is 13.5 Å². The predicted octanol–water partition coefficient (Wildman–Crippen LogP) is 3.61. The van der Waals surface area contributed by atoms with Gasteiger partial charge >= 0.3 is 0 Å². The van der Waals surface area contributed by atoms with Gasteiger partial charge in [-0.15, -0.1) is 5.10 Å². The summed E-state index contributed by atoms with van der Waals surface area (Å²) in [6, 6.07) is 12.5. The molecule has 30 heavy (non-hydrogen) atoms. The van der Waals surface area contributed by atoms with Crippen molar-refractivity contribution >= 4 is 0 Å². The van der Waals surface area contributed by atoms with E-state index in [1.165, 1.54) is 17.1 Å². The van der Waals surface area contributed by atoms with Crippen molar-refractivity contribution in [3.8, 4) is 11.3 Å². The van der Waals surface area contributed by atoms with E-state index in [-0.39, 0.29) is 12.1 Å². The van der Waals surface area contributed by atoms with Crippen LogP contribution in [-0.4, -0.2) is 30.5 Å². The Morgan fingerprint density at radius 1 is 1.13 bits per heavy atom. The fourth-order valence-electron chi connectivity index (χ4n) is 3.38. The van der Waals surface area contributed by atoms with Gasteiger partial charge in [0.15, 0.2) is 0 Å². The van der Waals surface area contributed by atoms with Crippen LogP contribution in [0.25, 0.3) is 11.3 Å². The number of tetrazole rings is 1. The summed E-state index contributed by atoms with van der Waals surface area (Å²) in [7, 11) is 0. The SMILES string of the molecule is Cc1ccc(-c2cc([C@H](C)[C@](O)(Cn3cnnn3)c3ccc(F)cc3F)on2)cc1. The number of nitrogens with zero attached hydrogens (tertiary/aromatic N) is 5. The van der Waals surface area contributed by atoms with Crippen LogP contribution < -0.4 is 0 Å². The molecule has 1 N–H and O–H groups in total. The second kappa shape index (κ2) is 7.75. The number of halogens is 2. The van der Waals surface area contributed by atoms with Crippen LogP contribution in [-0.2, 0) is 12.1 Å². The zero-order valence-electron chi connectivity index (χ0n) is 16.3. The van der Waals surface area contributed by atoms with Gasteiger partial charge in [0, 0.05) is 23.3 Å². The van der Waals surface area contributed by atoms with Crippen molar-refractivity contribution in [2.24, 2.45) is 0 Å². The van der Waals surface area contributed by atoms with E-state index in [4.69, 9.17) is 4.52 Å². The highest BCUT2D eigenvalue weighted by Crippen LogP contribution is 2.40. The highest BCUT2D eigenvalue weighted by molar-refractivity contribution is 5.59. The van der Waals surface area contributed by atoms with E-state index in [9.17, 15) is 13.9 Å². The van der Waals surface area contributed by atoms with Crippen LogP contribution in [0.3, 0.4) is 0 Å². The summed E-state index contributed by atoms with van der Waals surface area (Å²) in [5.41, 5.74) is 0.608. The second-order valence-electron chi connectivity index (χ2n) is 7.26. The molecule has 0 saturated carbocycles. The van der Waals surface area contributed by atoms with Gasteiger partial charge in [-0.05, 0) is 23.4 Å². The maximum atomic E-state index is 14.7. The Balaban J connectivity index is 1.74. The van der Waals surface area contributed by atoms with Gasteiger partial charge in [-0.3, -0.25) is 0 Å². The van der Waals surface area contributed by atoms with Gasteiger partial charge in [0.2, 0.25) is 0 Å². The third kappa shape index (κ3) is 3.71. The van der Waals surface area contributed by atoms with Gasteiger partial charge < -0.3 is 9.63 Å². The van der Waals surface area contributed by atoms with Crippen LogP contribution in [0, 0.1) is 18.6 Å². The predicted molar refractivity (Wildman–Crippen MR) is 103 cm³/mol. The molecule has 2 heterocycles. The standard InChI is InChI=1S/C21H19F2N5O2/c1-13-3-5-15(6-4-13)19-10-20(30-25-19)14(2)21(29,11-28-12-24-26-27-28)17-8-7-16(22)9-18(17)23/h3-10,12,14,29H,11H2,1-2H3/t14-,21+/m0/s1. The summed E-state index contributed by atoms with van der Waals surface area (Å²) in [5.74, 6) is -2.04. The highest BCUT2D eigenvalue weighted by Gasteiger charge is 2.42. The average molecular weight is 411 g/mol. The number of hydrogen-bond acceptors (Lipinski definition) is 6. The van der Waals surface area contributed by atoms with E-state index in [1.54, 1.807) is 13.0 Å². The number of rotatable bonds is 6. The van der Waals surface area contributed by atoms with Crippen LogP contribution in [0.5, 0.6) is 0 Å². The van der Waals surface area contributed by atoms with Gasteiger partial charge in [0.1, 0.15) is 35.0 Å². The number of hydrogen-bond donors (Lipinski definition) is 1. The van der Waals surface area contributed by atoms with Crippen molar-refractivity contribution in [3.63, 3.8) is 0 Å². The third-order valence-electron chi connectivity index (χ3n) is 5.21. The Bertz CT molecular complexity index is 1140. The molecule has 0 aliphatic heterocycles. The zero-order chi connectivity index (χ0) is 21.3. The van der Waals surface area contributed by atoms with E-state index in [1.807, 2.05) is 31.2 Å². The molecule has 154 valence electrons. The molecule has 0 aliphatic carbocycles. The van der Waals surface area contributed by atoms with Gasteiger partial charge in [0.05, 0.1) is 12.5 Å². The summed E-state index contributed by atoms with van der Waals surface area (Å²) in [6.07, 6.45) is 1.30. The zero-order valence-corrected chi connectivity index (χ0v) is 16.3. The van der Waals surface area contributed by atoms with Crippen LogP contribution in [0.4, 0.5) is 8.78 Å². The van der Waals surface area contributed by atoms with Crippen molar-refractivity contribution in [3.05, 3.63) is 83.4 Å². The fourth-order valence-corrected chi connectivity index (χ4v) is 3.38. The van der Waals surface area contributed by atoms with Crippen molar-refractivity contribution in [1.29, 1.82) is 0 Å². The van der Waals surface area contributed by atoms with E-state index in [2.05, 4.69) is 20.7 Å². The average Bonchev–Trinajstić information content (AvgIpc) is 3.40. The molecule has 2 atom stereocenters. The molecule has 0 spiro atoms. The van der Waals surface area contributed by atoms with Crippen LogP contribution >= 0.6 is 0 Å². The quantitative estimate of drug-likeness (QED) is 0.521. The summed E-state index contributed by atoms with van der Waals surface area (Å²) >= 11 is 0. The van der Waals surface area contributed by atoms with Crippen molar-refractivity contribution in [2.75, 3.05) is 0 Å². The van der Waals surface area contributed by atoms with Gasteiger partial charge in [0.25, 0.3) is 0 Å². The van der Waals surface area contributed by atoms with Gasteiger partial charge in [-0.2, -0.15) is 0 Å². The monoisotopic (exact) mass is 411 g/mol. The molecule has 0 radical (unpaired) electrons. The number of aryl methyl sites for hydroxylation is 1. The Hall–Kier alpha value is -3.46. The summed E-state index contributed by atoms with van der Waals surface area (Å²) in [6.45, 7) is 3.48. The topological polar surface area (TPSA) is 89.9 Å². The first-order chi connectivity index (χ1) is 14.4. The second-order valence-corrected chi connectivity index (χ2v) is 7.26. The van der Waals surface area contributed by atoms with Crippen LogP contribution in [0.1, 0.15) is 29.7 Å². The van der Waals surface area contributed by atoms with Gasteiger partial charge in [-0.1, -0.05) is 48.0 Å². The molecular weight excluding hydrogens is 392 g/mol. The van der Waals surface area contributed by atoms with Crippen molar-refractivity contribution in [1.82, 2.24) is 25.4 Å². The summed E-state index contributed by atoms with van der Waals surface area (Å²) in [4.78, 5) is 0. The Morgan fingerprint density at radius 3 is 2.57 bits per heavy atom. The molecule has 0 bridgehead atoms. The first kappa shape index (κ1) is 19.8. The largest absolute Gasteiger partial charge is 0.382 e. The van der Waals surface area contributed by atoms with E-state index in [0.717, 1.165) is 23.3 Å². The van der Waals surface area contributed by atoms with E-state index in [0.29, 0.717) is 11.5 Å². The molecule has 2 aromatic heterocycles. The number of benzene rings is 2. The fraction of sp³-hybridized carbons (Fsp3) is 0.238. The molecule has 2 aromatic carbocycles. The molecule has 4 rings (SSSR count). The molecule has 0 unspecified atom stereocenters. The molecule has 0 fully saturated rings. The third-order valence-corrected chi connectivity index (χ3v) is 5.21. The lowest BCUT2D eigenvalue weighted by Crippen LogP contribution is -2.38. The molecule has 4 aromatic rings. The Kier molecular flexibility index (Phi) is 5.13. The first-order valence-corrected chi connectivity index (χ1v) is 9.29. The lowest BCUT2D eigenvalue weighted by molar-refractivity contribution is -0.0185. The first-order valence-electron chi connectivity index (χ1n) is 9.29. The smallest absolute Gasteiger partial charge is 0.143 e. The maximum Gasteiger partial charge on any atom is 0.143 e. The van der Waals surface area contributed by atoms with Crippen LogP contribution in [0.2, 0.25) is 0 Å². The minimum atomic E-state index is -1.84. The normalized spacial score (nSPS) is 14.4. The van der Waals surface area contributed by atoms with E-state index < -0.39 is 23.2 Å². The van der Waals surface area contributed by atoms with Crippen molar-refractivity contribution in [2.45, 2.75) is 31.9 Å². The number of aliphatic hydroxyl groups is 1. The molecule has 0 saturated heterocycles. The summed E-state index contributed by atoms with van der Waals surface area (Å²) in [5, 5.41) is 26.6. The highest BCUT2D eigenvalue weighted by atomic mass is 19.1. The van der Waals surface area contributed by atoms with Crippen molar-refractivity contribution < 1.29 is 18.4 Å². The minimum absolute atomic E-state index is 0.0971. The van der Waals surface area contributed by atoms with Crippen LogP contribution in [0.15, 0.2) is 59.4 Å². The Labute approximate surface area is 171 Å². The molecule has 0 aliphatic rings. The Morgan fingerprint density at radius 2 is 1.90 bits per heavy atom. The number of aromatic nitrogens is 5. The minimum Gasteiger partial charge on any atom is -0.382 e. The molecule has 7 nitrogen and oxygen atoms in total. The molecule has 0 amide bonds. The maximum absolute atomic E-state index is 14.7. The summed E-state index contributed by atoms with van der Waals surface area (Å²) < 4.78 is 34.9. The van der Waals surface area contributed by atoms with E-state index >= 15 is 0 Å². The molecular formula is C21H19F2N5O2. The lowest BCUT2D eigenvalue weighted by atomic mass is 9.80. The molecule has 9 heteroatoms.